The molecule has 2 rings (SSSR count). The van der Waals surface area contributed by atoms with E-state index in [0.29, 0.717) is 14.9 Å². The van der Waals surface area contributed by atoms with Gasteiger partial charge in [-0.2, -0.15) is 0 Å². The fourth-order valence-electron chi connectivity index (χ4n) is 1.63. The van der Waals surface area contributed by atoms with Crippen LogP contribution in [0.1, 0.15) is 24.5 Å². The van der Waals surface area contributed by atoms with Crippen molar-refractivity contribution in [3.63, 3.8) is 0 Å². The van der Waals surface area contributed by atoms with Crippen molar-refractivity contribution in [1.29, 1.82) is 0 Å². The van der Waals surface area contributed by atoms with E-state index in [1.165, 1.54) is 11.8 Å². The van der Waals surface area contributed by atoms with E-state index in [2.05, 4.69) is 15.9 Å². The van der Waals surface area contributed by atoms with Crippen molar-refractivity contribution < 1.29 is 9.50 Å². The number of aliphatic hydroxyl groups is 1. The van der Waals surface area contributed by atoms with Crippen molar-refractivity contribution in [1.82, 2.24) is 0 Å². The van der Waals surface area contributed by atoms with Gasteiger partial charge in [-0.25, -0.2) is 4.39 Å². The van der Waals surface area contributed by atoms with E-state index in [1.807, 2.05) is 6.26 Å². The zero-order valence-corrected chi connectivity index (χ0v) is 10.7. The second kappa shape index (κ2) is 4.44. The molecular weight excluding hydrogens is 279 g/mol. The molecule has 82 valence electrons. The van der Waals surface area contributed by atoms with Gasteiger partial charge < -0.3 is 5.11 Å². The van der Waals surface area contributed by atoms with Gasteiger partial charge in [0.1, 0.15) is 5.82 Å². The van der Waals surface area contributed by atoms with Crippen LogP contribution in [0.3, 0.4) is 0 Å². The normalized spacial score (nSPS) is 17.9. The van der Waals surface area contributed by atoms with Crippen molar-refractivity contribution in [3.8, 4) is 0 Å². The van der Waals surface area contributed by atoms with Gasteiger partial charge in [0, 0.05) is 14.9 Å². The molecule has 15 heavy (non-hydrogen) atoms. The molecule has 1 atom stereocenters. The smallest absolute Gasteiger partial charge is 0.143 e. The summed E-state index contributed by atoms with van der Waals surface area (Å²) < 4.78 is 14.6. The van der Waals surface area contributed by atoms with Crippen LogP contribution in [0.2, 0.25) is 0 Å². The van der Waals surface area contributed by atoms with Crippen LogP contribution in [0.25, 0.3) is 0 Å². The number of thioether (sulfide) groups is 1. The molecule has 0 aromatic heterocycles. The second-order valence-electron chi connectivity index (χ2n) is 3.76. The summed E-state index contributed by atoms with van der Waals surface area (Å²) in [6.45, 7) is 0. The topological polar surface area (TPSA) is 20.2 Å². The Kier molecular flexibility index (Phi) is 3.38. The average Bonchev–Trinajstić information content (AvgIpc) is 3.01. The summed E-state index contributed by atoms with van der Waals surface area (Å²) in [5.74, 6) is -0.0378. The molecule has 0 heterocycles. The van der Waals surface area contributed by atoms with Crippen LogP contribution < -0.4 is 0 Å². The highest BCUT2D eigenvalue weighted by Gasteiger charge is 2.34. The lowest BCUT2D eigenvalue weighted by molar-refractivity contribution is 0.148. The molecule has 1 nitrogen and oxygen atoms in total. The van der Waals surface area contributed by atoms with Crippen LogP contribution in [0.5, 0.6) is 0 Å². The standard InChI is InChI=1S/C11H12BrFOS/c1-15-8-5-4-7(12)9(10(8)13)11(14)6-2-3-6/h4-6,11,14H,2-3H2,1H3. The molecule has 0 amide bonds. The zero-order chi connectivity index (χ0) is 11.0. The summed E-state index contributed by atoms with van der Waals surface area (Å²) >= 11 is 4.66. The van der Waals surface area contributed by atoms with Crippen LogP contribution in [0.4, 0.5) is 4.39 Å². The zero-order valence-electron chi connectivity index (χ0n) is 8.34. The number of rotatable bonds is 3. The van der Waals surface area contributed by atoms with Gasteiger partial charge in [0.25, 0.3) is 0 Å². The van der Waals surface area contributed by atoms with E-state index in [9.17, 15) is 9.50 Å². The van der Waals surface area contributed by atoms with E-state index in [0.717, 1.165) is 12.8 Å². The minimum absolute atomic E-state index is 0.243. The highest BCUT2D eigenvalue weighted by Crippen LogP contribution is 2.44. The minimum Gasteiger partial charge on any atom is -0.388 e. The minimum atomic E-state index is -0.661. The third-order valence-corrected chi connectivity index (χ3v) is 4.12. The SMILES string of the molecule is CSc1ccc(Br)c(C(O)C2CC2)c1F. The highest BCUT2D eigenvalue weighted by molar-refractivity contribution is 9.10. The van der Waals surface area contributed by atoms with E-state index in [1.54, 1.807) is 12.1 Å². The van der Waals surface area contributed by atoms with Gasteiger partial charge >= 0.3 is 0 Å². The van der Waals surface area contributed by atoms with Crippen molar-refractivity contribution in [2.24, 2.45) is 5.92 Å². The first-order valence-electron chi connectivity index (χ1n) is 4.85. The second-order valence-corrected chi connectivity index (χ2v) is 5.46. The molecule has 1 saturated carbocycles. The van der Waals surface area contributed by atoms with E-state index >= 15 is 0 Å². The van der Waals surface area contributed by atoms with Crippen LogP contribution in [-0.4, -0.2) is 11.4 Å². The number of hydrogen-bond donors (Lipinski definition) is 1. The molecule has 0 saturated heterocycles. The Labute approximate surface area is 101 Å². The summed E-state index contributed by atoms with van der Waals surface area (Å²) in [5, 5.41) is 9.96. The Bertz CT molecular complexity index is 379. The van der Waals surface area contributed by atoms with Gasteiger partial charge in [0.2, 0.25) is 0 Å². The van der Waals surface area contributed by atoms with E-state index in [-0.39, 0.29) is 11.7 Å². The summed E-state index contributed by atoms with van der Waals surface area (Å²) in [6, 6.07) is 3.53. The lowest BCUT2D eigenvalue weighted by atomic mass is 10.1. The van der Waals surface area contributed by atoms with E-state index in [4.69, 9.17) is 0 Å². The molecule has 1 unspecified atom stereocenters. The summed E-state index contributed by atoms with van der Waals surface area (Å²) in [5.41, 5.74) is 0.421. The first-order chi connectivity index (χ1) is 7.15. The molecule has 4 heteroatoms. The Morgan fingerprint density at radius 1 is 1.53 bits per heavy atom. The Hall–Kier alpha value is -0.0600. The van der Waals surface area contributed by atoms with Crippen LogP contribution in [0, 0.1) is 11.7 Å². The molecule has 0 bridgehead atoms. The first kappa shape index (κ1) is 11.4. The molecule has 1 aliphatic rings. The quantitative estimate of drug-likeness (QED) is 0.856. The van der Waals surface area contributed by atoms with Crippen molar-refractivity contribution in [2.75, 3.05) is 6.26 Å². The maximum absolute atomic E-state index is 14.0. The average molecular weight is 291 g/mol. The highest BCUT2D eigenvalue weighted by atomic mass is 79.9. The number of benzene rings is 1. The molecule has 0 radical (unpaired) electrons. The molecule has 0 spiro atoms. The first-order valence-corrected chi connectivity index (χ1v) is 6.87. The van der Waals surface area contributed by atoms with Gasteiger partial charge in [-0.3, -0.25) is 0 Å². The largest absolute Gasteiger partial charge is 0.388 e. The van der Waals surface area contributed by atoms with Crippen LogP contribution >= 0.6 is 27.7 Å². The maximum atomic E-state index is 14.0. The van der Waals surface area contributed by atoms with Crippen molar-refractivity contribution >= 4 is 27.7 Å². The predicted octanol–water partition coefficient (Wildman–Crippen LogP) is 3.75. The Morgan fingerprint density at radius 2 is 2.20 bits per heavy atom. The van der Waals surface area contributed by atoms with E-state index < -0.39 is 6.10 Å². The maximum Gasteiger partial charge on any atom is 0.143 e. The molecule has 1 aliphatic carbocycles. The molecule has 0 aliphatic heterocycles. The van der Waals surface area contributed by atoms with Crippen LogP contribution in [-0.2, 0) is 0 Å². The number of halogens is 2. The van der Waals surface area contributed by atoms with Gasteiger partial charge in [-0.05, 0) is 37.1 Å². The van der Waals surface area contributed by atoms with Gasteiger partial charge in [-0.15, -0.1) is 11.8 Å². The molecule has 1 fully saturated rings. The number of hydrogen-bond acceptors (Lipinski definition) is 2. The van der Waals surface area contributed by atoms with Gasteiger partial charge in [0.05, 0.1) is 6.10 Å². The lowest BCUT2D eigenvalue weighted by Crippen LogP contribution is -2.05. The van der Waals surface area contributed by atoms with Gasteiger partial charge in [0.15, 0.2) is 0 Å². The van der Waals surface area contributed by atoms with Crippen molar-refractivity contribution in [2.45, 2.75) is 23.8 Å². The third-order valence-electron chi connectivity index (χ3n) is 2.68. The van der Waals surface area contributed by atoms with Crippen molar-refractivity contribution in [3.05, 3.63) is 28.0 Å². The molecule has 1 N–H and O–H groups in total. The summed E-state index contributed by atoms with van der Waals surface area (Å²) in [4.78, 5) is 0.591. The Balaban J connectivity index is 2.42. The van der Waals surface area contributed by atoms with Crippen LogP contribution in [0.15, 0.2) is 21.5 Å². The summed E-state index contributed by atoms with van der Waals surface area (Å²) in [6.07, 6.45) is 3.17. The predicted molar refractivity (Wildman–Crippen MR) is 63.6 cm³/mol. The number of aliphatic hydroxyl groups excluding tert-OH is 1. The third kappa shape index (κ3) is 2.22. The lowest BCUT2D eigenvalue weighted by Gasteiger charge is -2.14. The monoisotopic (exact) mass is 290 g/mol. The van der Waals surface area contributed by atoms with Gasteiger partial charge in [-0.1, -0.05) is 15.9 Å². The molecule has 1 aromatic carbocycles. The Morgan fingerprint density at radius 3 is 2.73 bits per heavy atom. The molecule has 1 aromatic rings. The summed E-state index contributed by atoms with van der Waals surface area (Å²) in [7, 11) is 0. The molecular formula is C11H12BrFOS. The fourth-order valence-corrected chi connectivity index (χ4v) is 2.66. The fraction of sp³-hybridized carbons (Fsp3) is 0.455.